The van der Waals surface area contributed by atoms with Gasteiger partial charge in [0.25, 0.3) is 0 Å². The van der Waals surface area contributed by atoms with Gasteiger partial charge in [0.15, 0.2) is 0 Å². The molecule has 1 aliphatic heterocycles. The van der Waals surface area contributed by atoms with E-state index in [9.17, 15) is 5.11 Å². The Kier molecular flexibility index (Phi) is 4.33. The molecule has 4 nitrogen and oxygen atoms in total. The Hall–Kier alpha value is -2.36. The van der Waals surface area contributed by atoms with Crippen LogP contribution in [0.3, 0.4) is 0 Å². The number of fused-ring (bicyclic) bond motifs is 1. The minimum Gasteiger partial charge on any atom is -0.508 e. The first kappa shape index (κ1) is 15.5. The number of rotatable bonds is 4. The molecule has 2 aromatic carbocycles. The van der Waals surface area contributed by atoms with E-state index in [2.05, 4.69) is 41.0 Å². The van der Waals surface area contributed by atoms with Crippen molar-refractivity contribution in [1.82, 2.24) is 0 Å². The molecule has 1 atom stereocenters. The zero-order chi connectivity index (χ0) is 16.4. The van der Waals surface area contributed by atoms with Crippen LogP contribution in [-0.4, -0.2) is 38.4 Å². The van der Waals surface area contributed by atoms with E-state index in [1.54, 1.807) is 12.1 Å². The maximum atomic E-state index is 9.70. The standard InChI is InChI=1S/C19H24N2O2/c1-4-21-13-17(23-19-12-16(22)9-10-18(19)21)11-14-5-7-15(8-6-14)20(2)3/h5-10,12,17,22H,4,11,13H2,1-3H3. The van der Waals surface area contributed by atoms with Gasteiger partial charge < -0.3 is 19.6 Å². The summed E-state index contributed by atoms with van der Waals surface area (Å²) >= 11 is 0. The van der Waals surface area contributed by atoms with E-state index in [1.165, 1.54) is 11.3 Å². The van der Waals surface area contributed by atoms with Crippen molar-refractivity contribution in [2.24, 2.45) is 0 Å². The highest BCUT2D eigenvalue weighted by Gasteiger charge is 2.25. The van der Waals surface area contributed by atoms with Crippen LogP contribution in [0.2, 0.25) is 0 Å². The highest BCUT2D eigenvalue weighted by molar-refractivity contribution is 5.62. The number of ether oxygens (including phenoxy) is 1. The largest absolute Gasteiger partial charge is 0.508 e. The Bertz CT molecular complexity index is 668. The Morgan fingerprint density at radius 2 is 1.91 bits per heavy atom. The fourth-order valence-electron chi connectivity index (χ4n) is 3.02. The molecule has 0 saturated carbocycles. The fourth-order valence-corrected chi connectivity index (χ4v) is 3.02. The van der Waals surface area contributed by atoms with Gasteiger partial charge in [-0.2, -0.15) is 0 Å². The second-order valence-corrected chi connectivity index (χ2v) is 6.20. The number of likely N-dealkylation sites (N-methyl/N-ethyl adjacent to an activating group) is 1. The number of benzene rings is 2. The Morgan fingerprint density at radius 1 is 1.17 bits per heavy atom. The van der Waals surface area contributed by atoms with Crippen LogP contribution in [0.4, 0.5) is 11.4 Å². The van der Waals surface area contributed by atoms with Gasteiger partial charge in [0.1, 0.15) is 17.6 Å². The molecule has 0 spiro atoms. The summed E-state index contributed by atoms with van der Waals surface area (Å²) in [6, 6.07) is 13.9. The summed E-state index contributed by atoms with van der Waals surface area (Å²) in [5.74, 6) is 1.02. The van der Waals surface area contributed by atoms with Crippen molar-refractivity contribution in [1.29, 1.82) is 0 Å². The van der Waals surface area contributed by atoms with Crippen LogP contribution in [0.1, 0.15) is 12.5 Å². The monoisotopic (exact) mass is 312 g/mol. The molecule has 23 heavy (non-hydrogen) atoms. The minimum atomic E-state index is 0.0921. The van der Waals surface area contributed by atoms with Gasteiger partial charge in [-0.05, 0) is 36.8 Å². The van der Waals surface area contributed by atoms with Crippen LogP contribution in [0.15, 0.2) is 42.5 Å². The van der Waals surface area contributed by atoms with Crippen molar-refractivity contribution in [2.45, 2.75) is 19.4 Å². The minimum absolute atomic E-state index is 0.0921. The molecule has 1 N–H and O–H groups in total. The van der Waals surface area contributed by atoms with E-state index < -0.39 is 0 Å². The normalized spacial score (nSPS) is 16.7. The molecule has 0 aromatic heterocycles. The van der Waals surface area contributed by atoms with Crippen molar-refractivity contribution >= 4 is 11.4 Å². The Morgan fingerprint density at radius 3 is 2.57 bits per heavy atom. The Balaban J connectivity index is 1.76. The highest BCUT2D eigenvalue weighted by atomic mass is 16.5. The number of hydrogen-bond acceptors (Lipinski definition) is 4. The first-order valence-corrected chi connectivity index (χ1v) is 8.07. The number of phenols is 1. The molecule has 0 aliphatic carbocycles. The molecule has 1 unspecified atom stereocenters. The van der Waals surface area contributed by atoms with Crippen molar-refractivity contribution in [2.75, 3.05) is 37.0 Å². The summed E-state index contributed by atoms with van der Waals surface area (Å²) in [6.45, 7) is 3.94. The summed E-state index contributed by atoms with van der Waals surface area (Å²) in [7, 11) is 4.09. The van der Waals surface area contributed by atoms with Gasteiger partial charge in [-0.3, -0.25) is 0 Å². The topological polar surface area (TPSA) is 35.9 Å². The first-order chi connectivity index (χ1) is 11.1. The lowest BCUT2D eigenvalue weighted by Gasteiger charge is -2.36. The molecular formula is C19H24N2O2. The zero-order valence-corrected chi connectivity index (χ0v) is 14.0. The van der Waals surface area contributed by atoms with E-state index in [1.807, 2.05) is 20.2 Å². The third-order valence-corrected chi connectivity index (χ3v) is 4.30. The molecule has 4 heteroatoms. The van der Waals surface area contributed by atoms with Crippen LogP contribution < -0.4 is 14.5 Å². The summed E-state index contributed by atoms with van der Waals surface area (Å²) in [6.07, 6.45) is 0.953. The summed E-state index contributed by atoms with van der Waals surface area (Å²) in [4.78, 5) is 4.40. The number of hydrogen-bond donors (Lipinski definition) is 1. The maximum absolute atomic E-state index is 9.70. The SMILES string of the molecule is CCN1CC(Cc2ccc(N(C)C)cc2)Oc2cc(O)ccc21. The number of nitrogens with zero attached hydrogens (tertiary/aromatic N) is 2. The van der Waals surface area contributed by atoms with Crippen molar-refractivity contribution < 1.29 is 9.84 Å². The molecule has 122 valence electrons. The lowest BCUT2D eigenvalue weighted by molar-refractivity contribution is 0.193. The Labute approximate surface area is 137 Å². The molecule has 0 bridgehead atoms. The van der Waals surface area contributed by atoms with Gasteiger partial charge >= 0.3 is 0 Å². The van der Waals surface area contributed by atoms with Crippen molar-refractivity contribution in [3.8, 4) is 11.5 Å². The lowest BCUT2D eigenvalue weighted by Crippen LogP contribution is -2.41. The molecule has 1 heterocycles. The average molecular weight is 312 g/mol. The van der Waals surface area contributed by atoms with Crippen molar-refractivity contribution in [3.05, 3.63) is 48.0 Å². The van der Waals surface area contributed by atoms with E-state index >= 15 is 0 Å². The van der Waals surface area contributed by atoms with E-state index in [0.717, 1.165) is 30.9 Å². The summed E-state index contributed by atoms with van der Waals surface area (Å²) in [5.41, 5.74) is 3.52. The van der Waals surface area contributed by atoms with Gasteiger partial charge in [0.05, 0.1) is 12.2 Å². The predicted molar refractivity (Wildman–Crippen MR) is 94.9 cm³/mol. The van der Waals surface area contributed by atoms with E-state index in [0.29, 0.717) is 0 Å². The number of phenolic OH excluding ortho intramolecular Hbond substituents is 1. The molecule has 0 radical (unpaired) electrons. The number of anilines is 2. The quantitative estimate of drug-likeness (QED) is 0.940. The highest BCUT2D eigenvalue weighted by Crippen LogP contribution is 2.36. The molecule has 2 aromatic rings. The zero-order valence-electron chi connectivity index (χ0n) is 14.0. The van der Waals surface area contributed by atoms with Gasteiger partial charge in [0, 0.05) is 38.8 Å². The smallest absolute Gasteiger partial charge is 0.146 e. The summed E-state index contributed by atoms with van der Waals surface area (Å²) < 4.78 is 6.11. The van der Waals surface area contributed by atoms with E-state index in [4.69, 9.17) is 4.74 Å². The van der Waals surface area contributed by atoms with Crippen LogP contribution in [-0.2, 0) is 6.42 Å². The predicted octanol–water partition coefficient (Wildman–Crippen LogP) is 3.29. The lowest BCUT2D eigenvalue weighted by atomic mass is 10.0. The van der Waals surface area contributed by atoms with Crippen LogP contribution in [0.25, 0.3) is 0 Å². The van der Waals surface area contributed by atoms with Crippen LogP contribution >= 0.6 is 0 Å². The van der Waals surface area contributed by atoms with Crippen molar-refractivity contribution in [3.63, 3.8) is 0 Å². The molecule has 3 rings (SSSR count). The van der Waals surface area contributed by atoms with Crippen LogP contribution in [0, 0.1) is 0 Å². The molecular weight excluding hydrogens is 288 g/mol. The average Bonchev–Trinajstić information content (AvgIpc) is 2.54. The number of aromatic hydroxyl groups is 1. The molecule has 0 fully saturated rings. The first-order valence-electron chi connectivity index (χ1n) is 8.07. The second-order valence-electron chi connectivity index (χ2n) is 6.20. The van der Waals surface area contributed by atoms with Gasteiger partial charge in [0.2, 0.25) is 0 Å². The van der Waals surface area contributed by atoms with Gasteiger partial charge in [-0.15, -0.1) is 0 Å². The third-order valence-electron chi connectivity index (χ3n) is 4.30. The maximum Gasteiger partial charge on any atom is 0.146 e. The molecule has 0 saturated heterocycles. The second kappa shape index (κ2) is 6.41. The van der Waals surface area contributed by atoms with Gasteiger partial charge in [-0.1, -0.05) is 12.1 Å². The summed E-state index contributed by atoms with van der Waals surface area (Å²) in [5, 5.41) is 9.70. The van der Waals surface area contributed by atoms with Gasteiger partial charge in [-0.25, -0.2) is 0 Å². The van der Waals surface area contributed by atoms with Crippen LogP contribution in [0.5, 0.6) is 11.5 Å². The molecule has 0 amide bonds. The third kappa shape index (κ3) is 3.36. The molecule has 1 aliphatic rings. The fraction of sp³-hybridized carbons (Fsp3) is 0.368. The van der Waals surface area contributed by atoms with E-state index in [-0.39, 0.29) is 11.9 Å².